The van der Waals surface area contributed by atoms with E-state index in [0.29, 0.717) is 16.4 Å². The zero-order valence-corrected chi connectivity index (χ0v) is 15.3. The minimum Gasteiger partial charge on any atom is -0.349 e. The summed E-state index contributed by atoms with van der Waals surface area (Å²) in [7, 11) is 1.95. The summed E-state index contributed by atoms with van der Waals surface area (Å²) in [6, 6.07) is 13.2. The number of amides is 1. The van der Waals surface area contributed by atoms with Gasteiger partial charge in [-0.15, -0.1) is 0 Å². The predicted molar refractivity (Wildman–Crippen MR) is 100 cm³/mol. The van der Waals surface area contributed by atoms with Crippen LogP contribution < -0.4 is 5.32 Å². The number of carbonyl (C=O) groups is 1. The Morgan fingerprint density at radius 2 is 2.04 bits per heavy atom. The van der Waals surface area contributed by atoms with E-state index in [-0.39, 0.29) is 11.9 Å². The molecule has 1 N–H and O–H groups in total. The first kappa shape index (κ1) is 17.3. The minimum absolute atomic E-state index is 0.0839. The van der Waals surface area contributed by atoms with E-state index < -0.39 is 0 Å². The van der Waals surface area contributed by atoms with Gasteiger partial charge in [0.05, 0.1) is 16.4 Å². The molecule has 2 aromatic heterocycles. The summed E-state index contributed by atoms with van der Waals surface area (Å²) in [5, 5.41) is 8.19. The Hall–Kier alpha value is -2.53. The summed E-state index contributed by atoms with van der Waals surface area (Å²) in [6.07, 6.45) is 2.80. The van der Waals surface area contributed by atoms with Crippen LogP contribution in [0.1, 0.15) is 30.8 Å². The number of aryl methyl sites for hydroxylation is 1. The Balaban J connectivity index is 2.12. The molecule has 0 bridgehead atoms. The molecule has 1 aromatic carbocycles. The molecule has 130 valence electrons. The van der Waals surface area contributed by atoms with Gasteiger partial charge in [0.2, 0.25) is 0 Å². The molecule has 0 spiro atoms. The second-order valence-corrected chi connectivity index (χ2v) is 6.47. The Morgan fingerprint density at radius 1 is 1.28 bits per heavy atom. The SMILES string of the molecule is CC[C@@H](C)NC(=O)c1cc(-c2cccn2C)nn1-c1ccccc1Cl. The first-order valence-electron chi connectivity index (χ1n) is 8.28. The molecular weight excluding hydrogens is 336 g/mol. The van der Waals surface area contributed by atoms with Gasteiger partial charge in [-0.1, -0.05) is 30.7 Å². The van der Waals surface area contributed by atoms with Crippen LogP contribution >= 0.6 is 11.6 Å². The van der Waals surface area contributed by atoms with E-state index in [2.05, 4.69) is 10.4 Å². The van der Waals surface area contributed by atoms with Crippen molar-refractivity contribution >= 4 is 17.5 Å². The van der Waals surface area contributed by atoms with Crippen molar-refractivity contribution in [2.24, 2.45) is 7.05 Å². The summed E-state index contributed by atoms with van der Waals surface area (Å²) in [5.74, 6) is -0.165. The van der Waals surface area contributed by atoms with Crippen molar-refractivity contribution < 1.29 is 4.79 Å². The monoisotopic (exact) mass is 356 g/mol. The van der Waals surface area contributed by atoms with Crippen LogP contribution in [0.15, 0.2) is 48.7 Å². The number of benzene rings is 1. The molecule has 6 heteroatoms. The van der Waals surface area contributed by atoms with Crippen molar-refractivity contribution in [3.05, 3.63) is 59.4 Å². The van der Waals surface area contributed by atoms with Crippen molar-refractivity contribution in [3.8, 4) is 17.1 Å². The lowest BCUT2D eigenvalue weighted by Crippen LogP contribution is -2.33. The summed E-state index contributed by atoms with van der Waals surface area (Å²) in [5.41, 5.74) is 2.80. The fourth-order valence-corrected chi connectivity index (χ4v) is 2.82. The fraction of sp³-hybridized carbons (Fsp3) is 0.263. The molecule has 0 aliphatic heterocycles. The van der Waals surface area contributed by atoms with Crippen molar-refractivity contribution in [1.82, 2.24) is 19.7 Å². The van der Waals surface area contributed by atoms with Crippen LogP contribution in [0.2, 0.25) is 5.02 Å². The van der Waals surface area contributed by atoms with Gasteiger partial charge < -0.3 is 9.88 Å². The number of halogens is 1. The smallest absolute Gasteiger partial charge is 0.270 e. The largest absolute Gasteiger partial charge is 0.349 e. The molecule has 3 aromatic rings. The van der Waals surface area contributed by atoms with Gasteiger partial charge in [0.15, 0.2) is 0 Å². The molecule has 0 unspecified atom stereocenters. The zero-order valence-electron chi connectivity index (χ0n) is 14.5. The van der Waals surface area contributed by atoms with Gasteiger partial charge in [0.1, 0.15) is 11.4 Å². The first-order valence-corrected chi connectivity index (χ1v) is 8.66. The lowest BCUT2D eigenvalue weighted by Gasteiger charge is -2.13. The van der Waals surface area contributed by atoms with Crippen LogP contribution in [0.4, 0.5) is 0 Å². The highest BCUT2D eigenvalue weighted by atomic mass is 35.5. The van der Waals surface area contributed by atoms with E-state index in [1.165, 1.54) is 0 Å². The minimum atomic E-state index is -0.165. The van der Waals surface area contributed by atoms with Crippen molar-refractivity contribution in [1.29, 1.82) is 0 Å². The number of carbonyl (C=O) groups excluding carboxylic acids is 1. The summed E-state index contributed by atoms with van der Waals surface area (Å²) < 4.78 is 3.58. The highest BCUT2D eigenvalue weighted by molar-refractivity contribution is 6.32. The molecule has 0 radical (unpaired) electrons. The number of para-hydroxylation sites is 1. The van der Waals surface area contributed by atoms with Crippen LogP contribution in [-0.4, -0.2) is 26.3 Å². The van der Waals surface area contributed by atoms with Crippen LogP contribution in [0.5, 0.6) is 0 Å². The van der Waals surface area contributed by atoms with E-state index in [1.54, 1.807) is 16.8 Å². The number of aromatic nitrogens is 3. The fourth-order valence-electron chi connectivity index (χ4n) is 2.60. The molecular formula is C19H21ClN4O. The van der Waals surface area contributed by atoms with Crippen LogP contribution in [0.25, 0.3) is 17.1 Å². The maximum absolute atomic E-state index is 12.8. The molecule has 2 heterocycles. The predicted octanol–water partition coefficient (Wildman–Crippen LogP) is 4.06. The standard InChI is InChI=1S/C19H21ClN4O/c1-4-13(2)21-19(25)18-12-15(17-10-7-11-23(17)3)22-24(18)16-9-6-5-8-14(16)20/h5-13H,4H2,1-3H3,(H,21,25)/t13-/m1/s1. The van der Waals surface area contributed by atoms with Gasteiger partial charge in [-0.25, -0.2) is 4.68 Å². The molecule has 0 aliphatic rings. The number of hydrogen-bond donors (Lipinski definition) is 1. The molecule has 0 fully saturated rings. The van der Waals surface area contributed by atoms with Gasteiger partial charge in [-0.2, -0.15) is 5.10 Å². The van der Waals surface area contributed by atoms with Crippen LogP contribution in [0.3, 0.4) is 0 Å². The van der Waals surface area contributed by atoms with E-state index >= 15 is 0 Å². The lowest BCUT2D eigenvalue weighted by atomic mass is 10.2. The van der Waals surface area contributed by atoms with E-state index in [9.17, 15) is 4.79 Å². The average molecular weight is 357 g/mol. The summed E-state index contributed by atoms with van der Waals surface area (Å²) in [4.78, 5) is 12.8. The van der Waals surface area contributed by atoms with Gasteiger partial charge in [-0.3, -0.25) is 4.79 Å². The molecule has 25 heavy (non-hydrogen) atoms. The zero-order chi connectivity index (χ0) is 18.0. The quantitative estimate of drug-likeness (QED) is 0.749. The molecule has 0 saturated carbocycles. The van der Waals surface area contributed by atoms with Crippen molar-refractivity contribution in [3.63, 3.8) is 0 Å². The van der Waals surface area contributed by atoms with Gasteiger partial charge >= 0.3 is 0 Å². The van der Waals surface area contributed by atoms with E-state index in [0.717, 1.165) is 17.8 Å². The van der Waals surface area contributed by atoms with Crippen molar-refractivity contribution in [2.75, 3.05) is 0 Å². The first-order chi connectivity index (χ1) is 12.0. The van der Waals surface area contributed by atoms with Gasteiger partial charge in [-0.05, 0) is 43.7 Å². The van der Waals surface area contributed by atoms with Crippen LogP contribution in [-0.2, 0) is 7.05 Å². The second-order valence-electron chi connectivity index (χ2n) is 6.07. The third-order valence-electron chi connectivity index (χ3n) is 4.22. The van der Waals surface area contributed by atoms with Gasteiger partial charge in [0.25, 0.3) is 5.91 Å². The summed E-state index contributed by atoms with van der Waals surface area (Å²) >= 11 is 6.34. The molecule has 3 rings (SSSR count). The van der Waals surface area contributed by atoms with E-state index in [1.807, 2.05) is 62.0 Å². The molecule has 0 saturated heterocycles. The second kappa shape index (κ2) is 7.15. The molecule has 0 aliphatic carbocycles. The highest BCUT2D eigenvalue weighted by Gasteiger charge is 2.20. The highest BCUT2D eigenvalue weighted by Crippen LogP contribution is 2.25. The Bertz CT molecular complexity index is 896. The third kappa shape index (κ3) is 3.46. The molecule has 1 amide bonds. The maximum atomic E-state index is 12.8. The number of nitrogens with one attached hydrogen (secondary N) is 1. The van der Waals surface area contributed by atoms with Gasteiger partial charge in [0, 0.05) is 19.3 Å². The van der Waals surface area contributed by atoms with Crippen molar-refractivity contribution in [2.45, 2.75) is 26.3 Å². The Kier molecular flexibility index (Phi) is 4.95. The number of hydrogen-bond acceptors (Lipinski definition) is 2. The lowest BCUT2D eigenvalue weighted by molar-refractivity contribution is 0.0931. The summed E-state index contributed by atoms with van der Waals surface area (Å²) in [6.45, 7) is 4.01. The normalized spacial score (nSPS) is 12.2. The topological polar surface area (TPSA) is 51.9 Å². The van der Waals surface area contributed by atoms with E-state index in [4.69, 9.17) is 11.6 Å². The molecule has 5 nitrogen and oxygen atoms in total. The van der Waals surface area contributed by atoms with Crippen LogP contribution in [0, 0.1) is 0 Å². The average Bonchev–Trinajstić information content (AvgIpc) is 3.21. The number of rotatable bonds is 5. The number of nitrogens with zero attached hydrogens (tertiary/aromatic N) is 3. The molecule has 1 atom stereocenters. The maximum Gasteiger partial charge on any atom is 0.270 e. The Morgan fingerprint density at radius 3 is 2.68 bits per heavy atom. The Labute approximate surface area is 152 Å². The third-order valence-corrected chi connectivity index (χ3v) is 4.54.